The van der Waals surface area contributed by atoms with Gasteiger partial charge in [-0.05, 0) is 31.0 Å². The van der Waals surface area contributed by atoms with Crippen molar-refractivity contribution in [3.8, 4) is 0 Å². The van der Waals surface area contributed by atoms with Gasteiger partial charge in [0.1, 0.15) is 0 Å². The third kappa shape index (κ3) is 3.61. The number of amides is 1. The summed E-state index contributed by atoms with van der Waals surface area (Å²) in [6.07, 6.45) is 2.58. The van der Waals surface area contributed by atoms with Crippen LogP contribution >= 0.6 is 11.6 Å². The molecule has 0 aliphatic heterocycles. The summed E-state index contributed by atoms with van der Waals surface area (Å²) in [6.45, 7) is 1.77. The molecule has 0 aromatic heterocycles. The first kappa shape index (κ1) is 12.2. The third-order valence-electron chi connectivity index (χ3n) is 2.70. The smallest absolute Gasteiger partial charge is 0.250 e. The predicted octanol–water partition coefficient (Wildman–Crippen LogP) is 1.60. The monoisotopic (exact) mass is 253 g/mol. The Balaban J connectivity index is 1.83. The van der Waals surface area contributed by atoms with E-state index in [0.717, 1.165) is 24.8 Å². The van der Waals surface area contributed by atoms with Gasteiger partial charge < -0.3 is 16.4 Å². The highest BCUT2D eigenvalue weighted by molar-refractivity contribution is 6.34. The molecule has 0 atom stereocenters. The van der Waals surface area contributed by atoms with Crippen molar-refractivity contribution in [3.05, 3.63) is 28.8 Å². The molecule has 1 fully saturated rings. The van der Waals surface area contributed by atoms with Gasteiger partial charge in [0.05, 0.1) is 10.6 Å². The number of nitrogens with one attached hydrogen (secondary N) is 2. The number of halogens is 1. The number of hydrogen-bond donors (Lipinski definition) is 3. The summed E-state index contributed by atoms with van der Waals surface area (Å²) in [5, 5.41) is 7.02. The van der Waals surface area contributed by atoms with Crippen molar-refractivity contribution in [2.24, 2.45) is 5.73 Å². The molecule has 0 heterocycles. The molecule has 1 amide bonds. The van der Waals surface area contributed by atoms with Crippen LogP contribution in [0.15, 0.2) is 18.2 Å². The number of carbonyl (C=O) groups excluding carboxylic acids is 1. The second kappa shape index (κ2) is 5.38. The Bertz CT molecular complexity index is 418. The maximum atomic E-state index is 11.0. The largest absolute Gasteiger partial charge is 0.384 e. The first-order chi connectivity index (χ1) is 8.16. The Hall–Kier alpha value is -1.26. The number of hydrogen-bond acceptors (Lipinski definition) is 3. The summed E-state index contributed by atoms with van der Waals surface area (Å²) >= 11 is 5.94. The molecule has 5 heteroatoms. The second-order valence-corrected chi connectivity index (χ2v) is 4.62. The van der Waals surface area contributed by atoms with Crippen LogP contribution in [-0.2, 0) is 0 Å². The second-order valence-electron chi connectivity index (χ2n) is 4.21. The molecule has 1 saturated carbocycles. The van der Waals surface area contributed by atoms with Gasteiger partial charge in [-0.3, -0.25) is 4.79 Å². The fourth-order valence-electron chi connectivity index (χ4n) is 1.60. The zero-order chi connectivity index (χ0) is 12.3. The maximum Gasteiger partial charge on any atom is 0.250 e. The van der Waals surface area contributed by atoms with Gasteiger partial charge in [0, 0.05) is 24.8 Å². The number of nitrogens with two attached hydrogens (primary N) is 1. The topological polar surface area (TPSA) is 67.2 Å². The van der Waals surface area contributed by atoms with Crippen LogP contribution in [0.1, 0.15) is 23.2 Å². The fraction of sp³-hybridized carbons (Fsp3) is 0.417. The SMILES string of the molecule is NC(=O)c1ccc(NCCNC2CC2)cc1Cl. The average molecular weight is 254 g/mol. The number of primary amides is 1. The highest BCUT2D eigenvalue weighted by Crippen LogP contribution is 2.20. The van der Waals surface area contributed by atoms with E-state index < -0.39 is 5.91 Å². The minimum Gasteiger partial charge on any atom is -0.384 e. The van der Waals surface area contributed by atoms with Gasteiger partial charge in [0.25, 0.3) is 0 Å². The maximum absolute atomic E-state index is 11.0. The van der Waals surface area contributed by atoms with Gasteiger partial charge in [-0.1, -0.05) is 11.6 Å². The van der Waals surface area contributed by atoms with E-state index in [-0.39, 0.29) is 0 Å². The van der Waals surface area contributed by atoms with Crippen molar-refractivity contribution in [1.29, 1.82) is 0 Å². The molecule has 0 spiro atoms. The minimum atomic E-state index is -0.503. The van der Waals surface area contributed by atoms with E-state index in [2.05, 4.69) is 10.6 Å². The Morgan fingerprint density at radius 3 is 2.76 bits per heavy atom. The summed E-state index contributed by atoms with van der Waals surface area (Å²) in [6, 6.07) is 5.89. The van der Waals surface area contributed by atoms with Crippen LogP contribution in [0.25, 0.3) is 0 Å². The third-order valence-corrected chi connectivity index (χ3v) is 3.01. The molecule has 0 unspecified atom stereocenters. The van der Waals surface area contributed by atoms with Crippen LogP contribution in [0.5, 0.6) is 0 Å². The summed E-state index contributed by atoms with van der Waals surface area (Å²) in [5.41, 5.74) is 6.43. The zero-order valence-corrected chi connectivity index (χ0v) is 10.3. The van der Waals surface area contributed by atoms with E-state index in [4.69, 9.17) is 17.3 Å². The number of carbonyl (C=O) groups is 1. The van der Waals surface area contributed by atoms with E-state index in [0.29, 0.717) is 10.6 Å². The predicted molar refractivity (Wildman–Crippen MR) is 69.5 cm³/mol. The standard InChI is InChI=1S/C12H16ClN3O/c13-11-7-9(3-4-10(11)12(14)17)16-6-5-15-8-1-2-8/h3-4,7-8,15-16H,1-2,5-6H2,(H2,14,17). The highest BCUT2D eigenvalue weighted by Gasteiger charge is 2.19. The Kier molecular flexibility index (Phi) is 3.86. The van der Waals surface area contributed by atoms with Gasteiger partial charge >= 0.3 is 0 Å². The lowest BCUT2D eigenvalue weighted by Gasteiger charge is -2.08. The molecule has 92 valence electrons. The molecule has 17 heavy (non-hydrogen) atoms. The van der Waals surface area contributed by atoms with Gasteiger partial charge in [0.2, 0.25) is 5.91 Å². The molecule has 4 N–H and O–H groups in total. The molecule has 1 aliphatic carbocycles. The van der Waals surface area contributed by atoms with Crippen molar-refractivity contribution in [3.63, 3.8) is 0 Å². The average Bonchev–Trinajstić information content (AvgIpc) is 3.08. The first-order valence-corrected chi connectivity index (χ1v) is 6.11. The van der Waals surface area contributed by atoms with Crippen LogP contribution in [-0.4, -0.2) is 25.0 Å². The van der Waals surface area contributed by atoms with Crippen molar-refractivity contribution in [1.82, 2.24) is 5.32 Å². The van der Waals surface area contributed by atoms with Crippen molar-refractivity contribution in [2.75, 3.05) is 18.4 Å². The first-order valence-electron chi connectivity index (χ1n) is 5.73. The lowest BCUT2D eigenvalue weighted by molar-refractivity contribution is 0.100. The molecule has 4 nitrogen and oxygen atoms in total. The van der Waals surface area contributed by atoms with Gasteiger partial charge in [-0.2, -0.15) is 0 Å². The normalized spacial score (nSPS) is 14.6. The van der Waals surface area contributed by atoms with Gasteiger partial charge in [0.15, 0.2) is 0 Å². The van der Waals surface area contributed by atoms with Crippen LogP contribution in [0, 0.1) is 0 Å². The van der Waals surface area contributed by atoms with Crippen LogP contribution in [0.4, 0.5) is 5.69 Å². The van der Waals surface area contributed by atoms with E-state index >= 15 is 0 Å². The van der Waals surface area contributed by atoms with E-state index in [1.807, 2.05) is 6.07 Å². The molecule has 0 bridgehead atoms. The van der Waals surface area contributed by atoms with Gasteiger partial charge in [-0.25, -0.2) is 0 Å². The zero-order valence-electron chi connectivity index (χ0n) is 9.50. The van der Waals surface area contributed by atoms with Crippen LogP contribution < -0.4 is 16.4 Å². The minimum absolute atomic E-state index is 0.355. The number of rotatable bonds is 6. The number of anilines is 1. The molecular formula is C12H16ClN3O. The van der Waals surface area contributed by atoms with Crippen LogP contribution in [0.3, 0.4) is 0 Å². The quantitative estimate of drug-likeness (QED) is 0.675. The van der Waals surface area contributed by atoms with Crippen molar-refractivity contribution < 1.29 is 4.79 Å². The summed E-state index contributed by atoms with van der Waals surface area (Å²) < 4.78 is 0. The van der Waals surface area contributed by atoms with E-state index in [1.54, 1.807) is 12.1 Å². The molecule has 0 saturated heterocycles. The summed E-state index contributed by atoms with van der Waals surface area (Å²) in [7, 11) is 0. The van der Waals surface area contributed by atoms with Crippen molar-refractivity contribution in [2.45, 2.75) is 18.9 Å². The van der Waals surface area contributed by atoms with E-state index in [1.165, 1.54) is 12.8 Å². The highest BCUT2D eigenvalue weighted by atomic mass is 35.5. The molecule has 1 aromatic carbocycles. The fourth-order valence-corrected chi connectivity index (χ4v) is 1.87. The molecule has 0 radical (unpaired) electrons. The molecule has 1 aromatic rings. The summed E-state index contributed by atoms with van der Waals surface area (Å²) in [4.78, 5) is 11.0. The molecular weight excluding hydrogens is 238 g/mol. The molecule has 1 aliphatic rings. The van der Waals surface area contributed by atoms with Gasteiger partial charge in [-0.15, -0.1) is 0 Å². The van der Waals surface area contributed by atoms with E-state index in [9.17, 15) is 4.79 Å². The van der Waals surface area contributed by atoms with Crippen molar-refractivity contribution >= 4 is 23.2 Å². The Labute approximate surface area is 106 Å². The summed E-state index contributed by atoms with van der Waals surface area (Å²) in [5.74, 6) is -0.503. The lowest BCUT2D eigenvalue weighted by Crippen LogP contribution is -2.23. The molecule has 2 rings (SSSR count). The Morgan fingerprint density at radius 1 is 1.41 bits per heavy atom. The number of benzene rings is 1. The Morgan fingerprint density at radius 2 is 2.18 bits per heavy atom. The van der Waals surface area contributed by atoms with Crippen LogP contribution in [0.2, 0.25) is 5.02 Å². The lowest BCUT2D eigenvalue weighted by atomic mass is 10.2.